The number of ether oxygens (including phenoxy) is 6. The van der Waals surface area contributed by atoms with E-state index in [9.17, 15) is 9.59 Å². The van der Waals surface area contributed by atoms with E-state index in [1.807, 2.05) is 38.2 Å². The Kier molecular flexibility index (Phi) is 20.2. The summed E-state index contributed by atoms with van der Waals surface area (Å²) in [6.07, 6.45) is 0.273. The first-order valence-electron chi connectivity index (χ1n) is 15.0. The molecule has 0 bridgehead atoms. The smallest absolute Gasteiger partial charge is 0.239 e. The molecular weight excluding hydrogens is 558 g/mol. The molecule has 2 amide bonds. The average molecular weight is 610 g/mol. The van der Waals surface area contributed by atoms with Crippen molar-refractivity contribution in [3.63, 3.8) is 0 Å². The lowest BCUT2D eigenvalue weighted by Crippen LogP contribution is -2.38. The first-order valence-corrected chi connectivity index (χ1v) is 15.0. The van der Waals surface area contributed by atoms with Gasteiger partial charge in [-0.05, 0) is 31.5 Å². The van der Waals surface area contributed by atoms with E-state index in [-0.39, 0.29) is 24.8 Å². The quantitative estimate of drug-likeness (QED) is 0.0993. The summed E-state index contributed by atoms with van der Waals surface area (Å²) >= 11 is 0. The van der Waals surface area contributed by atoms with Crippen LogP contribution < -0.4 is 16.1 Å². The van der Waals surface area contributed by atoms with Crippen LogP contribution in [0.3, 0.4) is 0 Å². The highest BCUT2D eigenvalue weighted by atomic mass is 16.6. The Bertz CT molecular complexity index is 1020. The Balaban J connectivity index is 1.42. The molecule has 244 valence electrons. The molecule has 0 aliphatic rings. The summed E-state index contributed by atoms with van der Waals surface area (Å²) in [5.41, 5.74) is 5.29. The van der Waals surface area contributed by atoms with Crippen molar-refractivity contribution in [1.29, 1.82) is 0 Å². The fourth-order valence-corrected chi connectivity index (χ4v) is 4.03. The monoisotopic (exact) mass is 609 g/mol. The molecule has 43 heavy (non-hydrogen) atoms. The van der Waals surface area contributed by atoms with E-state index >= 15 is 0 Å². The van der Waals surface area contributed by atoms with Crippen molar-refractivity contribution in [3.05, 3.63) is 36.0 Å². The molecule has 1 heterocycles. The predicted octanol–water partition coefficient (Wildman–Crippen LogP) is 0.950. The van der Waals surface area contributed by atoms with E-state index in [2.05, 4.69) is 38.8 Å². The van der Waals surface area contributed by atoms with Crippen LogP contribution in [0.1, 0.15) is 19.0 Å². The minimum Gasteiger partial charge on any atom is -0.379 e. The predicted molar refractivity (Wildman–Crippen MR) is 164 cm³/mol. The molecule has 0 aliphatic carbocycles. The fourth-order valence-electron chi connectivity index (χ4n) is 4.03. The van der Waals surface area contributed by atoms with Crippen molar-refractivity contribution >= 4 is 22.7 Å². The van der Waals surface area contributed by atoms with Crippen molar-refractivity contribution in [3.8, 4) is 0 Å². The van der Waals surface area contributed by atoms with Gasteiger partial charge in [0.25, 0.3) is 0 Å². The SMILES string of the molecule is CCOCCOCCOCCOCCOCCOCCNC(=O)CNC(=O)CCn1c(CN(C)NC)cc2ccccc21. The maximum atomic E-state index is 12.4. The molecule has 13 nitrogen and oxygen atoms in total. The standard InChI is InChI=1S/C30H51N5O8/c1-4-38-13-14-40-17-18-42-21-22-43-20-19-41-16-15-39-12-10-32-30(37)24-33-29(36)9-11-35-27(25-34(3)31-2)23-26-7-5-6-8-28(26)35/h5-8,23,31H,4,9-22,24-25H2,1-3H3,(H,32,37)(H,33,36). The number of benzene rings is 1. The van der Waals surface area contributed by atoms with Crippen LogP contribution in [0.2, 0.25) is 0 Å². The molecule has 0 saturated heterocycles. The second-order valence-corrected chi connectivity index (χ2v) is 9.56. The number of nitrogens with one attached hydrogen (secondary N) is 3. The van der Waals surface area contributed by atoms with E-state index in [1.54, 1.807) is 0 Å². The van der Waals surface area contributed by atoms with Crippen LogP contribution >= 0.6 is 0 Å². The summed E-state index contributed by atoms with van der Waals surface area (Å²) in [6.45, 7) is 9.57. The van der Waals surface area contributed by atoms with Gasteiger partial charge in [0.15, 0.2) is 0 Å². The van der Waals surface area contributed by atoms with Crippen molar-refractivity contribution in [1.82, 2.24) is 25.6 Å². The molecule has 0 atom stereocenters. The third-order valence-corrected chi connectivity index (χ3v) is 6.32. The molecule has 13 heteroatoms. The number of hydrogen-bond donors (Lipinski definition) is 3. The van der Waals surface area contributed by atoms with Gasteiger partial charge < -0.3 is 43.6 Å². The van der Waals surface area contributed by atoms with E-state index in [1.165, 1.54) is 0 Å². The van der Waals surface area contributed by atoms with Gasteiger partial charge in [-0.2, -0.15) is 0 Å². The molecule has 0 unspecified atom stereocenters. The zero-order valence-corrected chi connectivity index (χ0v) is 26.1. The van der Waals surface area contributed by atoms with E-state index < -0.39 is 0 Å². The van der Waals surface area contributed by atoms with Gasteiger partial charge in [0, 0.05) is 44.4 Å². The number of carbonyl (C=O) groups excluding carboxylic acids is 2. The highest BCUT2D eigenvalue weighted by Crippen LogP contribution is 2.21. The topological polar surface area (TPSA) is 134 Å². The molecule has 0 spiro atoms. The van der Waals surface area contributed by atoms with Crippen molar-refractivity contribution in [2.75, 3.05) is 106 Å². The van der Waals surface area contributed by atoms with E-state index in [0.717, 1.165) is 16.6 Å². The van der Waals surface area contributed by atoms with Gasteiger partial charge in [0.2, 0.25) is 11.8 Å². The van der Waals surface area contributed by atoms with E-state index in [4.69, 9.17) is 28.4 Å². The van der Waals surface area contributed by atoms with Crippen molar-refractivity contribution < 1.29 is 38.0 Å². The molecule has 3 N–H and O–H groups in total. The van der Waals surface area contributed by atoms with Gasteiger partial charge in [0.05, 0.1) is 85.8 Å². The van der Waals surface area contributed by atoms with Crippen LogP contribution in [-0.4, -0.2) is 128 Å². The first kappa shape index (κ1) is 36.6. The van der Waals surface area contributed by atoms with Crippen molar-refractivity contribution in [2.24, 2.45) is 0 Å². The van der Waals surface area contributed by atoms with Gasteiger partial charge in [-0.1, -0.05) is 18.2 Å². The zero-order chi connectivity index (χ0) is 31.0. The van der Waals surface area contributed by atoms with Crippen LogP contribution in [0.4, 0.5) is 0 Å². The Morgan fingerprint density at radius 1 is 0.767 bits per heavy atom. The molecule has 2 rings (SSSR count). The largest absolute Gasteiger partial charge is 0.379 e. The molecule has 1 aromatic carbocycles. The lowest BCUT2D eigenvalue weighted by Gasteiger charge is -2.17. The molecule has 0 radical (unpaired) electrons. The lowest BCUT2D eigenvalue weighted by atomic mass is 10.2. The van der Waals surface area contributed by atoms with Gasteiger partial charge in [0.1, 0.15) is 0 Å². The molecular formula is C30H51N5O8. The van der Waals surface area contributed by atoms with E-state index in [0.29, 0.717) is 98.9 Å². The molecule has 0 fully saturated rings. The number of aromatic nitrogens is 1. The maximum Gasteiger partial charge on any atom is 0.239 e. The molecule has 0 aliphatic heterocycles. The van der Waals surface area contributed by atoms with Gasteiger partial charge in [-0.3, -0.25) is 15.0 Å². The Hall–Kier alpha value is -2.62. The number of rotatable bonds is 27. The number of para-hydroxylation sites is 1. The van der Waals surface area contributed by atoms with Crippen molar-refractivity contribution in [2.45, 2.75) is 26.4 Å². The zero-order valence-electron chi connectivity index (χ0n) is 26.1. The summed E-state index contributed by atoms with van der Waals surface area (Å²) < 4.78 is 34.5. The van der Waals surface area contributed by atoms with Crippen LogP contribution in [0.15, 0.2) is 30.3 Å². The maximum absolute atomic E-state index is 12.4. The van der Waals surface area contributed by atoms with Gasteiger partial charge in [-0.25, -0.2) is 5.01 Å². The summed E-state index contributed by atoms with van der Waals surface area (Å²) in [5.74, 6) is -0.435. The second-order valence-electron chi connectivity index (χ2n) is 9.56. The fraction of sp³-hybridized carbons (Fsp3) is 0.667. The molecule has 2 aromatic rings. The highest BCUT2D eigenvalue weighted by Gasteiger charge is 2.12. The first-order chi connectivity index (χ1) is 21.0. The number of aryl methyl sites for hydroxylation is 1. The molecule has 1 aromatic heterocycles. The normalized spacial score (nSPS) is 11.4. The van der Waals surface area contributed by atoms with Crippen LogP contribution in [-0.2, 0) is 51.1 Å². The number of hydrogen-bond acceptors (Lipinski definition) is 10. The summed E-state index contributed by atoms with van der Waals surface area (Å²) in [4.78, 5) is 24.5. The lowest BCUT2D eigenvalue weighted by molar-refractivity contribution is -0.126. The average Bonchev–Trinajstić information content (AvgIpc) is 3.36. The van der Waals surface area contributed by atoms with Crippen LogP contribution in [0, 0.1) is 0 Å². The number of amides is 2. The third kappa shape index (κ3) is 16.7. The Labute approximate surface area is 255 Å². The summed E-state index contributed by atoms with van der Waals surface area (Å²) in [7, 11) is 3.84. The number of nitrogens with zero attached hydrogens (tertiary/aromatic N) is 2. The highest BCUT2D eigenvalue weighted by molar-refractivity contribution is 5.85. The van der Waals surface area contributed by atoms with Gasteiger partial charge in [-0.15, -0.1) is 0 Å². The second kappa shape index (κ2) is 23.8. The minimum absolute atomic E-state index is 0.0724. The summed E-state index contributed by atoms with van der Waals surface area (Å²) in [6, 6.07) is 10.3. The number of carbonyl (C=O) groups is 2. The van der Waals surface area contributed by atoms with Crippen LogP contribution in [0.25, 0.3) is 10.9 Å². The van der Waals surface area contributed by atoms with Crippen LogP contribution in [0.5, 0.6) is 0 Å². The number of fused-ring (bicyclic) bond motifs is 1. The Morgan fingerprint density at radius 3 is 1.91 bits per heavy atom. The summed E-state index contributed by atoms with van der Waals surface area (Å²) in [5, 5.41) is 8.55. The number of hydrazine groups is 1. The van der Waals surface area contributed by atoms with Gasteiger partial charge >= 0.3 is 0 Å². The minimum atomic E-state index is -0.258. The molecule has 0 saturated carbocycles. The third-order valence-electron chi connectivity index (χ3n) is 6.32. The Morgan fingerprint density at radius 2 is 1.33 bits per heavy atom.